The minimum Gasteiger partial charge on any atom is -0.348 e. The van der Waals surface area contributed by atoms with Crippen LogP contribution in [-0.4, -0.2) is 25.9 Å². The maximum Gasteiger partial charge on any atom is 0.256 e. The third kappa shape index (κ3) is 2.42. The fraction of sp³-hybridized carbons (Fsp3) is 0.154. The maximum atomic E-state index is 12.3. The van der Waals surface area contributed by atoms with Crippen molar-refractivity contribution < 1.29 is 8.78 Å². The topological polar surface area (TPSA) is 43.6 Å². The van der Waals surface area contributed by atoms with Crippen LogP contribution < -0.4 is 0 Å². The number of aromatic nitrogens is 4. The molecule has 0 aromatic carbocycles. The SMILES string of the molecule is FC(F)Cn1ccc(-c2cnc3cccnc3n2)c1. The average Bonchev–Trinajstić information content (AvgIpc) is 2.86. The standard InChI is InChI=1S/C13H10F2N4/c14-12(15)8-19-5-3-9(7-19)11-6-17-10-2-1-4-16-13(10)18-11/h1-7,12H,8H2. The van der Waals surface area contributed by atoms with Gasteiger partial charge in [0.2, 0.25) is 0 Å². The molecule has 19 heavy (non-hydrogen) atoms. The summed E-state index contributed by atoms with van der Waals surface area (Å²) in [4.78, 5) is 12.7. The lowest BCUT2D eigenvalue weighted by atomic mass is 10.2. The van der Waals surface area contributed by atoms with Crippen LogP contribution in [0.3, 0.4) is 0 Å². The molecule has 0 saturated carbocycles. The highest BCUT2D eigenvalue weighted by molar-refractivity contribution is 5.72. The van der Waals surface area contributed by atoms with Gasteiger partial charge in [-0.05, 0) is 18.2 Å². The van der Waals surface area contributed by atoms with Crippen molar-refractivity contribution in [2.24, 2.45) is 0 Å². The summed E-state index contributed by atoms with van der Waals surface area (Å²) in [6, 6.07) is 5.35. The van der Waals surface area contributed by atoms with E-state index in [1.807, 2.05) is 6.07 Å². The molecule has 0 atom stereocenters. The van der Waals surface area contributed by atoms with Crippen LogP contribution in [0, 0.1) is 0 Å². The van der Waals surface area contributed by atoms with Gasteiger partial charge in [0.05, 0.1) is 18.4 Å². The van der Waals surface area contributed by atoms with Crippen LogP contribution >= 0.6 is 0 Å². The van der Waals surface area contributed by atoms with E-state index in [0.717, 1.165) is 5.56 Å². The molecular weight excluding hydrogens is 250 g/mol. The lowest BCUT2D eigenvalue weighted by Crippen LogP contribution is -2.03. The second-order valence-electron chi connectivity index (χ2n) is 4.09. The quantitative estimate of drug-likeness (QED) is 0.727. The van der Waals surface area contributed by atoms with Gasteiger partial charge in [-0.25, -0.2) is 18.7 Å². The van der Waals surface area contributed by atoms with Crippen molar-refractivity contribution in [3.63, 3.8) is 0 Å². The number of pyridine rings is 1. The summed E-state index contributed by atoms with van der Waals surface area (Å²) in [7, 11) is 0. The molecule has 4 nitrogen and oxygen atoms in total. The second kappa shape index (κ2) is 4.72. The van der Waals surface area contributed by atoms with Gasteiger partial charge in [-0.3, -0.25) is 4.98 Å². The van der Waals surface area contributed by atoms with Crippen molar-refractivity contribution in [3.05, 3.63) is 43.0 Å². The highest BCUT2D eigenvalue weighted by atomic mass is 19.3. The molecule has 6 heteroatoms. The second-order valence-corrected chi connectivity index (χ2v) is 4.09. The van der Waals surface area contributed by atoms with E-state index >= 15 is 0 Å². The first-order valence-electron chi connectivity index (χ1n) is 5.74. The maximum absolute atomic E-state index is 12.3. The van der Waals surface area contributed by atoms with Gasteiger partial charge < -0.3 is 4.57 Å². The fourth-order valence-electron chi connectivity index (χ4n) is 1.85. The zero-order chi connectivity index (χ0) is 13.2. The van der Waals surface area contributed by atoms with Crippen molar-refractivity contribution in [1.82, 2.24) is 19.5 Å². The Morgan fingerprint density at radius 1 is 1.21 bits per heavy atom. The van der Waals surface area contributed by atoms with Gasteiger partial charge in [-0.2, -0.15) is 0 Å². The van der Waals surface area contributed by atoms with Gasteiger partial charge in [0, 0.05) is 24.2 Å². The van der Waals surface area contributed by atoms with E-state index in [1.165, 1.54) is 4.57 Å². The number of fused-ring (bicyclic) bond motifs is 1. The van der Waals surface area contributed by atoms with Crippen molar-refractivity contribution in [2.45, 2.75) is 13.0 Å². The summed E-state index contributed by atoms with van der Waals surface area (Å²) in [6.45, 7) is -0.320. The number of hydrogen-bond acceptors (Lipinski definition) is 3. The Balaban J connectivity index is 1.97. The zero-order valence-electron chi connectivity index (χ0n) is 9.87. The highest BCUT2D eigenvalue weighted by Crippen LogP contribution is 2.19. The summed E-state index contributed by atoms with van der Waals surface area (Å²) < 4.78 is 26.0. The number of hydrogen-bond donors (Lipinski definition) is 0. The molecule has 0 fully saturated rings. The number of alkyl halides is 2. The van der Waals surface area contributed by atoms with E-state index in [9.17, 15) is 8.78 Å². The Kier molecular flexibility index (Phi) is 2.91. The van der Waals surface area contributed by atoms with Gasteiger partial charge in [0.1, 0.15) is 5.52 Å². The zero-order valence-corrected chi connectivity index (χ0v) is 9.87. The Morgan fingerprint density at radius 3 is 2.95 bits per heavy atom. The van der Waals surface area contributed by atoms with Crippen molar-refractivity contribution in [3.8, 4) is 11.3 Å². The Bertz CT molecular complexity index is 708. The third-order valence-corrected chi connectivity index (χ3v) is 2.71. The normalized spacial score (nSPS) is 11.3. The molecule has 0 bridgehead atoms. The molecule has 3 heterocycles. The highest BCUT2D eigenvalue weighted by Gasteiger charge is 2.07. The lowest BCUT2D eigenvalue weighted by Gasteiger charge is -2.01. The van der Waals surface area contributed by atoms with Gasteiger partial charge in [0.25, 0.3) is 6.43 Å². The summed E-state index contributed by atoms with van der Waals surface area (Å²) >= 11 is 0. The molecule has 0 aliphatic heterocycles. The molecular formula is C13H10F2N4. The minimum absolute atomic E-state index is 0.320. The molecule has 3 aromatic heterocycles. The smallest absolute Gasteiger partial charge is 0.256 e. The summed E-state index contributed by atoms with van der Waals surface area (Å²) in [5.41, 5.74) is 2.62. The molecule has 0 unspecified atom stereocenters. The fourth-order valence-corrected chi connectivity index (χ4v) is 1.85. The Hall–Kier alpha value is -2.37. The lowest BCUT2D eigenvalue weighted by molar-refractivity contribution is 0.127. The molecule has 96 valence electrons. The van der Waals surface area contributed by atoms with Crippen LogP contribution in [0.5, 0.6) is 0 Å². The predicted molar refractivity (Wildman–Crippen MR) is 66.8 cm³/mol. The molecule has 0 amide bonds. The third-order valence-electron chi connectivity index (χ3n) is 2.71. The van der Waals surface area contributed by atoms with Crippen LogP contribution in [0.4, 0.5) is 8.78 Å². The average molecular weight is 260 g/mol. The molecule has 3 rings (SSSR count). The first-order valence-corrected chi connectivity index (χ1v) is 5.74. The predicted octanol–water partition coefficient (Wildman–Crippen LogP) is 2.76. The van der Waals surface area contributed by atoms with Gasteiger partial charge in [-0.15, -0.1) is 0 Å². The Labute approximate surface area is 107 Å². The summed E-state index contributed by atoms with van der Waals surface area (Å²) in [6.07, 6.45) is 4.12. The van der Waals surface area contributed by atoms with Crippen LogP contribution in [0.1, 0.15) is 0 Å². The van der Waals surface area contributed by atoms with Crippen molar-refractivity contribution in [2.75, 3.05) is 0 Å². The number of nitrogens with zero attached hydrogens (tertiary/aromatic N) is 4. The van der Waals surface area contributed by atoms with Crippen LogP contribution in [0.2, 0.25) is 0 Å². The van der Waals surface area contributed by atoms with Crippen LogP contribution in [-0.2, 0) is 6.54 Å². The minimum atomic E-state index is -2.37. The van der Waals surface area contributed by atoms with E-state index in [0.29, 0.717) is 16.9 Å². The van der Waals surface area contributed by atoms with Gasteiger partial charge >= 0.3 is 0 Å². The first kappa shape index (κ1) is 11.7. The van der Waals surface area contributed by atoms with Crippen molar-refractivity contribution in [1.29, 1.82) is 0 Å². The van der Waals surface area contributed by atoms with E-state index in [1.54, 1.807) is 36.9 Å². The summed E-state index contributed by atoms with van der Waals surface area (Å²) in [5, 5.41) is 0. The van der Waals surface area contributed by atoms with Gasteiger partial charge in [0.15, 0.2) is 5.65 Å². The first-order chi connectivity index (χ1) is 9.22. The summed E-state index contributed by atoms with van der Waals surface area (Å²) in [5.74, 6) is 0. The number of halogens is 2. The van der Waals surface area contributed by atoms with Gasteiger partial charge in [-0.1, -0.05) is 0 Å². The van der Waals surface area contributed by atoms with E-state index in [4.69, 9.17) is 0 Å². The monoisotopic (exact) mass is 260 g/mol. The molecule has 3 aromatic rings. The van der Waals surface area contributed by atoms with E-state index in [2.05, 4.69) is 15.0 Å². The molecule has 0 aliphatic carbocycles. The molecule has 0 saturated heterocycles. The van der Waals surface area contributed by atoms with E-state index < -0.39 is 6.43 Å². The Morgan fingerprint density at radius 2 is 2.11 bits per heavy atom. The van der Waals surface area contributed by atoms with E-state index in [-0.39, 0.29) is 6.54 Å². The van der Waals surface area contributed by atoms with Crippen molar-refractivity contribution >= 4 is 11.2 Å². The molecule has 0 spiro atoms. The molecule has 0 aliphatic rings. The largest absolute Gasteiger partial charge is 0.348 e. The molecule has 0 N–H and O–H groups in total. The number of rotatable bonds is 3. The van der Waals surface area contributed by atoms with Crippen LogP contribution in [0.25, 0.3) is 22.4 Å². The van der Waals surface area contributed by atoms with Crippen LogP contribution in [0.15, 0.2) is 43.0 Å². The molecule has 0 radical (unpaired) electrons.